The summed E-state index contributed by atoms with van der Waals surface area (Å²) in [7, 11) is 4.96. The minimum absolute atomic E-state index is 0.123. The number of carbonyl (C=O) groups is 1. The number of hydrogen-bond acceptors (Lipinski definition) is 2. The average molecular weight is 287 g/mol. The van der Waals surface area contributed by atoms with E-state index in [4.69, 9.17) is 4.74 Å². The molecule has 0 unspecified atom stereocenters. The van der Waals surface area contributed by atoms with Crippen LogP contribution in [0, 0.1) is 0 Å². The maximum absolute atomic E-state index is 11.4. The predicted molar refractivity (Wildman–Crippen MR) is 66.6 cm³/mol. The van der Waals surface area contributed by atoms with Crippen molar-refractivity contribution in [3.8, 4) is 5.75 Å². The highest BCUT2D eigenvalue weighted by Crippen LogP contribution is 2.23. The van der Waals surface area contributed by atoms with Crippen LogP contribution in [0.2, 0.25) is 0 Å². The van der Waals surface area contributed by atoms with Crippen molar-refractivity contribution in [2.75, 3.05) is 21.2 Å². The number of nitrogens with zero attached hydrogens (tertiary/aromatic N) is 1. The topological polar surface area (TPSA) is 41.6 Å². The van der Waals surface area contributed by atoms with Crippen molar-refractivity contribution in [3.05, 3.63) is 28.2 Å². The highest BCUT2D eigenvalue weighted by atomic mass is 79.9. The van der Waals surface area contributed by atoms with Gasteiger partial charge in [0.25, 0.3) is 0 Å². The molecule has 0 atom stereocenters. The van der Waals surface area contributed by atoms with E-state index >= 15 is 0 Å². The van der Waals surface area contributed by atoms with Gasteiger partial charge in [0, 0.05) is 24.1 Å². The summed E-state index contributed by atoms with van der Waals surface area (Å²) < 4.78 is 6.20. The SMILES string of the molecule is CNC(=O)N(C)Cc1cc(Br)ccc1OC. The molecule has 16 heavy (non-hydrogen) atoms. The summed E-state index contributed by atoms with van der Waals surface area (Å²) in [5.74, 6) is 0.777. The van der Waals surface area contributed by atoms with Gasteiger partial charge in [-0.15, -0.1) is 0 Å². The minimum atomic E-state index is -0.123. The van der Waals surface area contributed by atoms with E-state index in [1.54, 1.807) is 26.1 Å². The average Bonchev–Trinajstić information content (AvgIpc) is 2.28. The summed E-state index contributed by atoms with van der Waals surface area (Å²) in [5.41, 5.74) is 0.961. The van der Waals surface area contributed by atoms with Gasteiger partial charge in [-0.1, -0.05) is 15.9 Å². The van der Waals surface area contributed by atoms with Crippen molar-refractivity contribution in [3.63, 3.8) is 0 Å². The van der Waals surface area contributed by atoms with Gasteiger partial charge in [-0.25, -0.2) is 4.79 Å². The van der Waals surface area contributed by atoms with Gasteiger partial charge in [0.2, 0.25) is 0 Å². The molecule has 0 aromatic heterocycles. The van der Waals surface area contributed by atoms with Crippen LogP contribution < -0.4 is 10.1 Å². The minimum Gasteiger partial charge on any atom is -0.496 e. The van der Waals surface area contributed by atoms with Crippen molar-refractivity contribution in [1.82, 2.24) is 10.2 Å². The van der Waals surface area contributed by atoms with E-state index in [-0.39, 0.29) is 6.03 Å². The molecule has 1 rings (SSSR count). The molecule has 0 spiro atoms. The van der Waals surface area contributed by atoms with Gasteiger partial charge < -0.3 is 15.0 Å². The summed E-state index contributed by atoms with van der Waals surface area (Å²) in [6.45, 7) is 0.502. The molecule has 88 valence electrons. The van der Waals surface area contributed by atoms with Gasteiger partial charge in [0.05, 0.1) is 13.7 Å². The lowest BCUT2D eigenvalue weighted by atomic mass is 10.2. The molecule has 0 saturated heterocycles. The lowest BCUT2D eigenvalue weighted by Gasteiger charge is -2.18. The van der Waals surface area contributed by atoms with Crippen LogP contribution in [-0.2, 0) is 6.54 Å². The molecular formula is C11H15BrN2O2. The van der Waals surface area contributed by atoms with E-state index in [9.17, 15) is 4.79 Å². The molecule has 0 aliphatic rings. The number of halogens is 1. The van der Waals surface area contributed by atoms with Gasteiger partial charge in [-0.3, -0.25) is 0 Å². The molecule has 0 radical (unpaired) electrons. The number of hydrogen-bond donors (Lipinski definition) is 1. The van der Waals surface area contributed by atoms with E-state index < -0.39 is 0 Å². The molecule has 0 aliphatic carbocycles. The molecule has 4 nitrogen and oxygen atoms in total. The lowest BCUT2D eigenvalue weighted by molar-refractivity contribution is 0.208. The van der Waals surface area contributed by atoms with Gasteiger partial charge in [-0.05, 0) is 18.2 Å². The van der Waals surface area contributed by atoms with E-state index in [2.05, 4.69) is 21.2 Å². The van der Waals surface area contributed by atoms with E-state index in [1.807, 2.05) is 18.2 Å². The second-order valence-corrected chi connectivity index (χ2v) is 4.28. The summed E-state index contributed by atoms with van der Waals surface area (Å²) in [4.78, 5) is 13.0. The molecule has 0 aliphatic heterocycles. The van der Waals surface area contributed by atoms with Crippen LogP contribution >= 0.6 is 15.9 Å². The Morgan fingerprint density at radius 3 is 2.81 bits per heavy atom. The van der Waals surface area contributed by atoms with Crippen molar-refractivity contribution >= 4 is 22.0 Å². The Balaban J connectivity index is 2.86. The quantitative estimate of drug-likeness (QED) is 0.926. The monoisotopic (exact) mass is 286 g/mol. The number of urea groups is 1. The first-order valence-corrected chi connectivity index (χ1v) is 5.63. The first-order valence-electron chi connectivity index (χ1n) is 4.83. The normalized spacial score (nSPS) is 9.75. The zero-order valence-corrected chi connectivity index (χ0v) is 11.2. The van der Waals surface area contributed by atoms with Crippen LogP contribution in [0.25, 0.3) is 0 Å². The zero-order valence-electron chi connectivity index (χ0n) is 9.58. The van der Waals surface area contributed by atoms with Gasteiger partial charge in [0.1, 0.15) is 5.75 Å². The third-order valence-electron chi connectivity index (χ3n) is 2.21. The fraction of sp³-hybridized carbons (Fsp3) is 0.364. The molecule has 0 fully saturated rings. The van der Waals surface area contributed by atoms with Crippen molar-refractivity contribution < 1.29 is 9.53 Å². The number of methoxy groups -OCH3 is 1. The van der Waals surface area contributed by atoms with Crippen LogP contribution in [0.4, 0.5) is 4.79 Å². The Morgan fingerprint density at radius 2 is 2.25 bits per heavy atom. The van der Waals surface area contributed by atoms with Crippen molar-refractivity contribution in [1.29, 1.82) is 0 Å². The highest BCUT2D eigenvalue weighted by molar-refractivity contribution is 9.10. The number of benzene rings is 1. The number of amides is 2. The fourth-order valence-electron chi connectivity index (χ4n) is 1.39. The molecule has 5 heteroatoms. The van der Waals surface area contributed by atoms with Crippen LogP contribution in [-0.4, -0.2) is 32.1 Å². The van der Waals surface area contributed by atoms with Gasteiger partial charge in [-0.2, -0.15) is 0 Å². The number of nitrogens with one attached hydrogen (secondary N) is 1. The van der Waals surface area contributed by atoms with Gasteiger partial charge >= 0.3 is 6.03 Å². The van der Waals surface area contributed by atoms with Crippen LogP contribution in [0.5, 0.6) is 5.75 Å². The zero-order chi connectivity index (χ0) is 12.1. The molecule has 0 saturated carbocycles. The number of ether oxygens (including phenoxy) is 1. The third-order valence-corrected chi connectivity index (χ3v) is 2.70. The second kappa shape index (κ2) is 5.75. The Hall–Kier alpha value is -1.23. The Kier molecular flexibility index (Phi) is 4.61. The standard InChI is InChI=1S/C11H15BrN2O2/c1-13-11(15)14(2)7-8-6-9(12)4-5-10(8)16-3/h4-6H,7H2,1-3H3,(H,13,15). The Morgan fingerprint density at radius 1 is 1.56 bits per heavy atom. The molecule has 1 N–H and O–H groups in total. The van der Waals surface area contributed by atoms with Crippen molar-refractivity contribution in [2.24, 2.45) is 0 Å². The second-order valence-electron chi connectivity index (χ2n) is 3.37. The highest BCUT2D eigenvalue weighted by Gasteiger charge is 2.10. The summed E-state index contributed by atoms with van der Waals surface area (Å²) in [6, 6.07) is 5.60. The number of carbonyl (C=O) groups excluding carboxylic acids is 1. The maximum Gasteiger partial charge on any atom is 0.317 e. The number of rotatable bonds is 3. The largest absolute Gasteiger partial charge is 0.496 e. The maximum atomic E-state index is 11.4. The molecule has 2 amide bonds. The fourth-order valence-corrected chi connectivity index (χ4v) is 1.80. The molecular weight excluding hydrogens is 272 g/mol. The van der Waals surface area contributed by atoms with E-state index in [0.29, 0.717) is 6.54 Å². The lowest BCUT2D eigenvalue weighted by Crippen LogP contribution is -2.34. The smallest absolute Gasteiger partial charge is 0.317 e. The molecule has 1 aromatic carbocycles. The van der Waals surface area contributed by atoms with Crippen molar-refractivity contribution in [2.45, 2.75) is 6.54 Å². The summed E-state index contributed by atoms with van der Waals surface area (Å²) in [6.07, 6.45) is 0. The van der Waals surface area contributed by atoms with E-state index in [0.717, 1.165) is 15.8 Å². The summed E-state index contributed by atoms with van der Waals surface area (Å²) >= 11 is 3.39. The predicted octanol–water partition coefficient (Wildman–Crippen LogP) is 2.23. The third kappa shape index (κ3) is 3.13. The van der Waals surface area contributed by atoms with E-state index in [1.165, 1.54) is 0 Å². The Bertz CT molecular complexity index is 382. The first kappa shape index (κ1) is 12.8. The van der Waals surface area contributed by atoms with Gasteiger partial charge in [0.15, 0.2) is 0 Å². The van der Waals surface area contributed by atoms with Crippen LogP contribution in [0.15, 0.2) is 22.7 Å². The Labute approximate surface area is 104 Å². The molecule has 0 bridgehead atoms. The van der Waals surface area contributed by atoms with Crippen LogP contribution in [0.1, 0.15) is 5.56 Å². The molecule has 1 aromatic rings. The van der Waals surface area contributed by atoms with Crippen LogP contribution in [0.3, 0.4) is 0 Å². The first-order chi connectivity index (χ1) is 7.58. The summed E-state index contributed by atoms with van der Waals surface area (Å²) in [5, 5.41) is 2.57. The molecule has 0 heterocycles.